The molecule has 0 aliphatic carbocycles. The molecule has 6 nitrogen and oxygen atoms in total. The molecular weight excluding hydrogens is 337 g/mol. The highest BCUT2D eigenvalue weighted by Gasteiger charge is 2.25. The van der Waals surface area contributed by atoms with E-state index < -0.39 is 0 Å². The van der Waals surface area contributed by atoms with Gasteiger partial charge in [-0.15, -0.1) is 0 Å². The number of carbonyl (C=O) groups excluding carboxylic acids is 1. The minimum Gasteiger partial charge on any atom is -0.493 e. The van der Waals surface area contributed by atoms with Crippen molar-refractivity contribution in [1.82, 2.24) is 9.88 Å². The maximum Gasteiger partial charge on any atom is 0.322 e. The van der Waals surface area contributed by atoms with Gasteiger partial charge in [0.2, 0.25) is 5.88 Å². The van der Waals surface area contributed by atoms with Gasteiger partial charge in [0.1, 0.15) is 17.3 Å². The van der Waals surface area contributed by atoms with Crippen LogP contribution in [0.5, 0.6) is 11.6 Å². The van der Waals surface area contributed by atoms with Gasteiger partial charge in [0.25, 0.3) is 0 Å². The number of nitrogens with one attached hydrogen (secondary N) is 1. The SMILES string of the molecule is COc1ncccc1NC(=O)N1CCC[C@H](COc2ccc(F)cc2)C1. The van der Waals surface area contributed by atoms with Crippen LogP contribution in [0.2, 0.25) is 0 Å². The largest absolute Gasteiger partial charge is 0.493 e. The van der Waals surface area contributed by atoms with Crippen LogP contribution in [0.25, 0.3) is 0 Å². The van der Waals surface area contributed by atoms with Gasteiger partial charge in [-0.2, -0.15) is 0 Å². The van der Waals surface area contributed by atoms with Gasteiger partial charge in [-0.1, -0.05) is 0 Å². The average Bonchev–Trinajstić information content (AvgIpc) is 2.68. The normalized spacial score (nSPS) is 16.8. The lowest BCUT2D eigenvalue weighted by Crippen LogP contribution is -2.43. The smallest absolute Gasteiger partial charge is 0.322 e. The number of benzene rings is 1. The van der Waals surface area contributed by atoms with E-state index in [9.17, 15) is 9.18 Å². The first kappa shape index (κ1) is 18.0. The molecule has 1 aromatic heterocycles. The van der Waals surface area contributed by atoms with E-state index in [0.717, 1.165) is 12.8 Å². The Morgan fingerprint density at radius 1 is 1.35 bits per heavy atom. The van der Waals surface area contributed by atoms with E-state index in [-0.39, 0.29) is 17.8 Å². The third-order valence-electron chi connectivity index (χ3n) is 4.31. The molecule has 7 heteroatoms. The van der Waals surface area contributed by atoms with Crippen molar-refractivity contribution in [3.63, 3.8) is 0 Å². The number of piperidine rings is 1. The minimum absolute atomic E-state index is 0.178. The van der Waals surface area contributed by atoms with E-state index in [1.165, 1.54) is 19.2 Å². The van der Waals surface area contributed by atoms with Crippen LogP contribution in [0, 0.1) is 11.7 Å². The zero-order chi connectivity index (χ0) is 18.4. The zero-order valence-electron chi connectivity index (χ0n) is 14.7. The predicted octanol–water partition coefficient (Wildman–Crippen LogP) is 3.55. The average molecular weight is 359 g/mol. The quantitative estimate of drug-likeness (QED) is 0.887. The number of ether oxygens (including phenoxy) is 2. The summed E-state index contributed by atoms with van der Waals surface area (Å²) in [6, 6.07) is 9.28. The Bertz CT molecular complexity index is 739. The van der Waals surface area contributed by atoms with Gasteiger partial charge in [-0.05, 0) is 49.2 Å². The van der Waals surface area contributed by atoms with Crippen LogP contribution in [-0.2, 0) is 0 Å². The molecule has 138 valence electrons. The number of halogens is 1. The lowest BCUT2D eigenvalue weighted by molar-refractivity contribution is 0.145. The van der Waals surface area contributed by atoms with Crippen LogP contribution in [0.1, 0.15) is 12.8 Å². The Kier molecular flexibility index (Phi) is 5.88. The molecule has 1 aromatic carbocycles. The molecule has 3 rings (SSSR count). The van der Waals surface area contributed by atoms with Crippen molar-refractivity contribution in [2.45, 2.75) is 12.8 Å². The molecule has 0 spiro atoms. The summed E-state index contributed by atoms with van der Waals surface area (Å²) in [5.41, 5.74) is 0.546. The van der Waals surface area contributed by atoms with Crippen molar-refractivity contribution in [2.24, 2.45) is 5.92 Å². The second-order valence-corrected chi connectivity index (χ2v) is 6.21. The minimum atomic E-state index is -0.288. The molecule has 1 fully saturated rings. The number of aromatic nitrogens is 1. The van der Waals surface area contributed by atoms with Crippen LogP contribution in [0.3, 0.4) is 0 Å². The van der Waals surface area contributed by atoms with Gasteiger partial charge in [-0.3, -0.25) is 0 Å². The molecule has 1 atom stereocenters. The molecule has 2 aromatic rings. The molecule has 1 saturated heterocycles. The van der Waals surface area contributed by atoms with E-state index in [1.807, 2.05) is 0 Å². The number of urea groups is 1. The molecule has 26 heavy (non-hydrogen) atoms. The Morgan fingerprint density at radius 2 is 2.15 bits per heavy atom. The predicted molar refractivity (Wildman–Crippen MR) is 96.0 cm³/mol. The van der Waals surface area contributed by atoms with Crippen molar-refractivity contribution < 1.29 is 18.7 Å². The van der Waals surface area contributed by atoms with E-state index in [2.05, 4.69) is 10.3 Å². The maximum atomic E-state index is 12.9. The number of carbonyl (C=O) groups is 1. The van der Waals surface area contributed by atoms with Gasteiger partial charge < -0.3 is 19.7 Å². The number of methoxy groups -OCH3 is 1. The Morgan fingerprint density at radius 3 is 2.92 bits per heavy atom. The number of rotatable bonds is 5. The third-order valence-corrected chi connectivity index (χ3v) is 4.31. The highest BCUT2D eigenvalue weighted by molar-refractivity contribution is 5.90. The van der Waals surface area contributed by atoms with Crippen LogP contribution in [0.4, 0.5) is 14.9 Å². The fraction of sp³-hybridized carbons (Fsp3) is 0.368. The molecule has 0 saturated carbocycles. The summed E-state index contributed by atoms with van der Waals surface area (Å²) >= 11 is 0. The lowest BCUT2D eigenvalue weighted by atomic mass is 9.99. The van der Waals surface area contributed by atoms with Gasteiger partial charge in [-0.25, -0.2) is 14.2 Å². The Labute approximate surface area is 151 Å². The Balaban J connectivity index is 1.54. The highest BCUT2D eigenvalue weighted by Crippen LogP contribution is 2.23. The van der Waals surface area contributed by atoms with Gasteiger partial charge in [0.15, 0.2) is 0 Å². The van der Waals surface area contributed by atoms with E-state index in [1.54, 1.807) is 35.4 Å². The maximum absolute atomic E-state index is 12.9. The molecule has 2 amide bonds. The molecule has 1 aliphatic heterocycles. The summed E-state index contributed by atoms with van der Waals surface area (Å²) in [5, 5.41) is 2.85. The lowest BCUT2D eigenvalue weighted by Gasteiger charge is -2.32. The molecule has 1 aliphatic rings. The number of hydrogen-bond donors (Lipinski definition) is 1. The first-order valence-electron chi connectivity index (χ1n) is 8.59. The van der Waals surface area contributed by atoms with Crippen LogP contribution < -0.4 is 14.8 Å². The Hall–Kier alpha value is -2.83. The fourth-order valence-electron chi connectivity index (χ4n) is 2.97. The molecular formula is C19H22FN3O3. The summed E-state index contributed by atoms with van der Waals surface area (Å²) < 4.78 is 23.8. The van der Waals surface area contributed by atoms with E-state index in [4.69, 9.17) is 9.47 Å². The standard InChI is InChI=1S/C19H22FN3O3/c1-25-18-17(5-2-10-21-18)22-19(24)23-11-3-4-14(12-23)13-26-16-8-6-15(20)7-9-16/h2,5-10,14H,3-4,11-13H2,1H3,(H,22,24)/t14-/m0/s1. The molecule has 0 radical (unpaired) electrons. The van der Waals surface area contributed by atoms with Crippen molar-refractivity contribution in [3.05, 3.63) is 48.4 Å². The first-order chi connectivity index (χ1) is 12.7. The second-order valence-electron chi connectivity index (χ2n) is 6.21. The summed E-state index contributed by atoms with van der Waals surface area (Å²) in [6.07, 6.45) is 3.51. The summed E-state index contributed by atoms with van der Waals surface area (Å²) in [4.78, 5) is 18.4. The van der Waals surface area contributed by atoms with Gasteiger partial charge >= 0.3 is 6.03 Å². The first-order valence-corrected chi connectivity index (χ1v) is 8.59. The molecule has 0 unspecified atom stereocenters. The van der Waals surface area contributed by atoms with Gasteiger partial charge in [0, 0.05) is 25.2 Å². The van der Waals surface area contributed by atoms with E-state index >= 15 is 0 Å². The van der Waals surface area contributed by atoms with Crippen molar-refractivity contribution in [2.75, 3.05) is 32.1 Å². The number of hydrogen-bond acceptors (Lipinski definition) is 4. The van der Waals surface area contributed by atoms with Crippen LogP contribution in [-0.4, -0.2) is 42.7 Å². The highest BCUT2D eigenvalue weighted by atomic mass is 19.1. The monoisotopic (exact) mass is 359 g/mol. The topological polar surface area (TPSA) is 63.7 Å². The van der Waals surface area contributed by atoms with E-state index in [0.29, 0.717) is 37.0 Å². The molecule has 0 bridgehead atoms. The second kappa shape index (κ2) is 8.51. The molecule has 1 N–H and O–H groups in total. The van der Waals surface area contributed by atoms with Crippen LogP contribution >= 0.6 is 0 Å². The summed E-state index contributed by atoms with van der Waals surface area (Å²) in [7, 11) is 1.52. The third kappa shape index (κ3) is 4.62. The number of anilines is 1. The zero-order valence-corrected chi connectivity index (χ0v) is 14.7. The number of likely N-dealkylation sites (tertiary alicyclic amines) is 1. The number of pyridine rings is 1. The summed E-state index contributed by atoms with van der Waals surface area (Å²) in [5.74, 6) is 0.959. The van der Waals surface area contributed by atoms with Crippen LogP contribution in [0.15, 0.2) is 42.6 Å². The van der Waals surface area contributed by atoms with Crippen molar-refractivity contribution >= 4 is 11.7 Å². The molecule has 2 heterocycles. The van der Waals surface area contributed by atoms with Crippen molar-refractivity contribution in [1.29, 1.82) is 0 Å². The fourth-order valence-corrected chi connectivity index (χ4v) is 2.97. The van der Waals surface area contributed by atoms with Gasteiger partial charge in [0.05, 0.1) is 13.7 Å². The van der Waals surface area contributed by atoms with Crippen molar-refractivity contribution in [3.8, 4) is 11.6 Å². The number of nitrogens with zero attached hydrogens (tertiary/aromatic N) is 2. The number of amides is 2. The summed E-state index contributed by atoms with van der Waals surface area (Å²) in [6.45, 7) is 1.79.